The highest BCUT2D eigenvalue weighted by Gasteiger charge is 2.19. The van der Waals surface area contributed by atoms with Crippen molar-refractivity contribution in [3.63, 3.8) is 0 Å². The second-order valence-corrected chi connectivity index (χ2v) is 6.24. The average Bonchev–Trinajstić information content (AvgIpc) is 2.57. The number of nitrogens with zero attached hydrogens (tertiary/aromatic N) is 1. The van der Waals surface area contributed by atoms with Crippen molar-refractivity contribution in [3.05, 3.63) is 36.5 Å². The molecule has 0 aliphatic rings. The predicted octanol–water partition coefficient (Wildman–Crippen LogP) is -0.198. The molecule has 0 unspecified atom stereocenters. The van der Waals surface area contributed by atoms with Gasteiger partial charge in [-0.1, -0.05) is 18.2 Å². The number of amides is 1. The van der Waals surface area contributed by atoms with E-state index >= 15 is 0 Å². The molecule has 122 valence electrons. The van der Waals surface area contributed by atoms with Gasteiger partial charge >= 0.3 is 5.97 Å². The van der Waals surface area contributed by atoms with Crippen molar-refractivity contribution in [1.29, 1.82) is 0 Å². The number of methoxy groups -OCH3 is 1. The molecule has 8 nitrogen and oxygen atoms in total. The zero-order valence-electron chi connectivity index (χ0n) is 12.3. The molecule has 2 N–H and O–H groups in total. The van der Waals surface area contributed by atoms with Gasteiger partial charge in [0, 0.05) is 11.6 Å². The van der Waals surface area contributed by atoms with E-state index in [4.69, 9.17) is 0 Å². The second kappa shape index (κ2) is 7.16. The SMILES string of the molecule is COC(=O)CNC(=O)CNS(=O)(=O)c1cccc2cccnc12. The van der Waals surface area contributed by atoms with Gasteiger partial charge in [-0.3, -0.25) is 14.6 Å². The van der Waals surface area contributed by atoms with Crippen molar-refractivity contribution in [2.75, 3.05) is 20.2 Å². The van der Waals surface area contributed by atoms with Crippen LogP contribution in [-0.4, -0.2) is 45.5 Å². The highest BCUT2D eigenvalue weighted by Crippen LogP contribution is 2.20. The molecule has 1 aromatic heterocycles. The molecule has 9 heteroatoms. The standard InChI is InChI=1S/C14H15N3O5S/c1-22-13(19)9-16-12(18)8-17-23(20,21)11-6-2-4-10-5-3-7-15-14(10)11/h2-7,17H,8-9H2,1H3,(H,16,18). The Hall–Kier alpha value is -2.52. The van der Waals surface area contributed by atoms with Gasteiger partial charge in [-0.15, -0.1) is 0 Å². The first-order chi connectivity index (χ1) is 10.9. The lowest BCUT2D eigenvalue weighted by Gasteiger charge is -2.09. The van der Waals surface area contributed by atoms with Crippen LogP contribution in [-0.2, 0) is 24.3 Å². The topological polar surface area (TPSA) is 114 Å². The number of ether oxygens (including phenoxy) is 1. The van der Waals surface area contributed by atoms with E-state index in [0.717, 1.165) is 0 Å². The lowest BCUT2D eigenvalue weighted by atomic mass is 10.2. The number of hydrogen-bond donors (Lipinski definition) is 2. The van der Waals surface area contributed by atoms with Crippen molar-refractivity contribution >= 4 is 32.8 Å². The van der Waals surface area contributed by atoms with Gasteiger partial charge in [0.05, 0.1) is 19.2 Å². The van der Waals surface area contributed by atoms with Gasteiger partial charge in [0.25, 0.3) is 0 Å². The number of hydrogen-bond acceptors (Lipinski definition) is 6. The summed E-state index contributed by atoms with van der Waals surface area (Å²) in [6.45, 7) is -0.824. The van der Waals surface area contributed by atoms with E-state index in [0.29, 0.717) is 10.9 Å². The molecule has 0 spiro atoms. The Morgan fingerprint density at radius 3 is 2.65 bits per heavy atom. The summed E-state index contributed by atoms with van der Waals surface area (Å²) in [6, 6.07) is 8.18. The highest BCUT2D eigenvalue weighted by molar-refractivity contribution is 7.89. The first-order valence-electron chi connectivity index (χ1n) is 6.61. The number of para-hydroxylation sites is 1. The number of pyridine rings is 1. The van der Waals surface area contributed by atoms with Gasteiger partial charge < -0.3 is 10.1 Å². The minimum Gasteiger partial charge on any atom is -0.468 e. The van der Waals surface area contributed by atoms with E-state index in [1.165, 1.54) is 19.4 Å². The second-order valence-electron chi connectivity index (χ2n) is 4.51. The van der Waals surface area contributed by atoms with Gasteiger partial charge in [0.15, 0.2) is 0 Å². The molecule has 2 aromatic rings. The number of fused-ring (bicyclic) bond motifs is 1. The zero-order valence-corrected chi connectivity index (χ0v) is 13.1. The molecular formula is C14H15N3O5S. The molecule has 0 aliphatic heterocycles. The molecule has 0 saturated heterocycles. The number of esters is 1. The Labute approximate surface area is 132 Å². The molecule has 0 bridgehead atoms. The molecule has 23 heavy (non-hydrogen) atoms. The van der Waals surface area contributed by atoms with Crippen molar-refractivity contribution in [2.45, 2.75) is 4.90 Å². The van der Waals surface area contributed by atoms with Gasteiger partial charge in [0.2, 0.25) is 15.9 Å². The Morgan fingerprint density at radius 1 is 1.17 bits per heavy atom. The minimum absolute atomic E-state index is 0.0173. The number of carbonyl (C=O) groups is 2. The van der Waals surface area contributed by atoms with Crippen molar-refractivity contribution in [2.24, 2.45) is 0 Å². The van der Waals surface area contributed by atoms with E-state index in [-0.39, 0.29) is 11.4 Å². The maximum absolute atomic E-state index is 12.3. The number of rotatable bonds is 6. The third-order valence-electron chi connectivity index (χ3n) is 2.97. The Morgan fingerprint density at radius 2 is 1.91 bits per heavy atom. The lowest BCUT2D eigenvalue weighted by molar-refractivity contribution is -0.141. The summed E-state index contributed by atoms with van der Waals surface area (Å²) in [5, 5.41) is 2.91. The average molecular weight is 337 g/mol. The van der Waals surface area contributed by atoms with Crippen molar-refractivity contribution in [3.8, 4) is 0 Å². The molecule has 1 heterocycles. The molecule has 0 radical (unpaired) electrons. The van der Waals surface area contributed by atoms with Crippen LogP contribution < -0.4 is 10.0 Å². The quantitative estimate of drug-likeness (QED) is 0.706. The smallest absolute Gasteiger partial charge is 0.325 e. The third kappa shape index (κ3) is 4.24. The fourth-order valence-corrected chi connectivity index (χ4v) is 3.00. The first-order valence-corrected chi connectivity index (χ1v) is 8.09. The van der Waals surface area contributed by atoms with Crippen LogP contribution in [0.3, 0.4) is 0 Å². The minimum atomic E-state index is -3.92. The highest BCUT2D eigenvalue weighted by atomic mass is 32.2. The van der Waals surface area contributed by atoms with Crippen molar-refractivity contribution in [1.82, 2.24) is 15.0 Å². The summed E-state index contributed by atoms with van der Waals surface area (Å²) in [6.07, 6.45) is 1.49. The number of nitrogens with one attached hydrogen (secondary N) is 2. The van der Waals surface area contributed by atoms with Crippen LogP contribution in [0.15, 0.2) is 41.4 Å². The van der Waals surface area contributed by atoms with Crippen LogP contribution in [0.4, 0.5) is 0 Å². The summed E-state index contributed by atoms with van der Waals surface area (Å²) in [4.78, 5) is 26.5. The fourth-order valence-electron chi connectivity index (χ4n) is 1.84. The Bertz CT molecular complexity index is 830. The van der Waals surface area contributed by atoms with E-state index in [9.17, 15) is 18.0 Å². The third-order valence-corrected chi connectivity index (χ3v) is 4.40. The monoisotopic (exact) mass is 337 g/mol. The number of benzene rings is 1. The molecule has 1 aromatic carbocycles. The summed E-state index contributed by atoms with van der Waals surface area (Å²) >= 11 is 0. The first kappa shape index (κ1) is 16.8. The molecule has 0 saturated carbocycles. The Balaban J connectivity index is 2.10. The molecule has 0 fully saturated rings. The molecule has 0 atom stereocenters. The maximum Gasteiger partial charge on any atom is 0.325 e. The summed E-state index contributed by atoms with van der Waals surface area (Å²) in [5.74, 6) is -1.27. The molecular weight excluding hydrogens is 322 g/mol. The van der Waals surface area contributed by atoms with E-state index < -0.39 is 28.4 Å². The molecule has 0 aliphatic carbocycles. The zero-order chi connectivity index (χ0) is 16.9. The molecule has 1 amide bonds. The van der Waals surface area contributed by atoms with E-state index in [2.05, 4.69) is 19.8 Å². The van der Waals surface area contributed by atoms with Crippen molar-refractivity contribution < 1.29 is 22.7 Å². The normalized spacial score (nSPS) is 11.2. The largest absolute Gasteiger partial charge is 0.468 e. The number of aromatic nitrogens is 1. The van der Waals surface area contributed by atoms with E-state index in [1.807, 2.05) is 0 Å². The Kier molecular flexibility index (Phi) is 5.24. The van der Waals surface area contributed by atoms with Gasteiger partial charge in [-0.2, -0.15) is 0 Å². The number of sulfonamides is 1. The molecule has 2 rings (SSSR count). The van der Waals surface area contributed by atoms with Crippen LogP contribution in [0.5, 0.6) is 0 Å². The van der Waals surface area contributed by atoms with E-state index in [1.54, 1.807) is 24.3 Å². The maximum atomic E-state index is 12.3. The van der Waals surface area contributed by atoms with Gasteiger partial charge in [0.1, 0.15) is 11.4 Å². The number of carbonyl (C=O) groups excluding carboxylic acids is 2. The van der Waals surface area contributed by atoms with Gasteiger partial charge in [-0.25, -0.2) is 13.1 Å². The summed E-state index contributed by atoms with van der Waals surface area (Å²) in [7, 11) is -2.73. The van der Waals surface area contributed by atoms with Crippen LogP contribution in [0, 0.1) is 0 Å². The van der Waals surface area contributed by atoms with Crippen LogP contribution in [0.2, 0.25) is 0 Å². The van der Waals surface area contributed by atoms with Crippen LogP contribution in [0.1, 0.15) is 0 Å². The summed E-state index contributed by atoms with van der Waals surface area (Å²) in [5.41, 5.74) is 0.317. The van der Waals surface area contributed by atoms with Gasteiger partial charge in [-0.05, 0) is 12.1 Å². The summed E-state index contributed by atoms with van der Waals surface area (Å²) < 4.78 is 31.2. The van der Waals surface area contributed by atoms with Crippen LogP contribution in [0.25, 0.3) is 10.9 Å². The predicted molar refractivity (Wildman–Crippen MR) is 82.0 cm³/mol. The fraction of sp³-hybridized carbons (Fsp3) is 0.214. The lowest BCUT2D eigenvalue weighted by Crippen LogP contribution is -2.39. The van der Waals surface area contributed by atoms with Crippen LogP contribution >= 0.6 is 0 Å².